The topological polar surface area (TPSA) is 69.4 Å². The molecule has 1 aromatic heterocycles. The molecule has 0 radical (unpaired) electrons. The van der Waals surface area contributed by atoms with Crippen LogP contribution >= 0.6 is 0 Å². The Morgan fingerprint density at radius 2 is 1.95 bits per heavy atom. The van der Waals surface area contributed by atoms with Gasteiger partial charge in [-0.15, -0.1) is 5.10 Å². The van der Waals surface area contributed by atoms with Gasteiger partial charge in [0.1, 0.15) is 5.69 Å². The van der Waals surface area contributed by atoms with Crippen molar-refractivity contribution in [1.82, 2.24) is 15.0 Å². The highest BCUT2D eigenvalue weighted by Crippen LogP contribution is 2.28. The predicted molar refractivity (Wildman–Crippen MR) is 78.6 cm³/mol. The Hall–Kier alpha value is -2.08. The zero-order valence-corrected chi connectivity index (χ0v) is 12.7. The Balaban J connectivity index is 2.31. The highest BCUT2D eigenvalue weighted by molar-refractivity contribution is 5.44. The molecule has 0 aliphatic rings. The van der Waals surface area contributed by atoms with Crippen LogP contribution in [0.5, 0.6) is 11.5 Å². The van der Waals surface area contributed by atoms with Gasteiger partial charge in [-0.2, -0.15) is 0 Å². The van der Waals surface area contributed by atoms with Crippen LogP contribution in [0, 0.1) is 0 Å². The maximum atomic E-state index is 9.40. The molecule has 6 nitrogen and oxygen atoms in total. The highest BCUT2D eigenvalue weighted by atomic mass is 16.5. The second-order valence-electron chi connectivity index (χ2n) is 4.73. The van der Waals surface area contributed by atoms with Crippen LogP contribution in [-0.2, 0) is 19.6 Å². The molecule has 114 valence electrons. The van der Waals surface area contributed by atoms with Crippen LogP contribution in [0.3, 0.4) is 0 Å². The largest absolute Gasteiger partial charge is 0.493 e. The van der Waals surface area contributed by atoms with Gasteiger partial charge < -0.3 is 14.6 Å². The molecule has 2 aromatic rings. The highest BCUT2D eigenvalue weighted by Gasteiger charge is 2.13. The van der Waals surface area contributed by atoms with Gasteiger partial charge in [0.25, 0.3) is 0 Å². The number of hydrogen-bond acceptors (Lipinski definition) is 5. The minimum Gasteiger partial charge on any atom is -0.493 e. The van der Waals surface area contributed by atoms with Crippen molar-refractivity contribution in [3.05, 3.63) is 35.2 Å². The molecule has 21 heavy (non-hydrogen) atoms. The molecule has 0 saturated carbocycles. The summed E-state index contributed by atoms with van der Waals surface area (Å²) in [6.45, 7) is 2.77. The van der Waals surface area contributed by atoms with Gasteiger partial charge in [0, 0.05) is 13.0 Å². The van der Waals surface area contributed by atoms with E-state index in [-0.39, 0.29) is 6.61 Å². The molecule has 0 aliphatic heterocycles. The second kappa shape index (κ2) is 7.08. The molecule has 0 aliphatic carbocycles. The number of aromatic nitrogens is 3. The predicted octanol–water partition coefficient (Wildman–Crippen LogP) is 1.79. The number of benzene rings is 1. The van der Waals surface area contributed by atoms with E-state index in [2.05, 4.69) is 17.2 Å². The SMILES string of the molecule is CCCn1nnc(CO)c1Cc1ccc(OC)c(OC)c1. The summed E-state index contributed by atoms with van der Waals surface area (Å²) in [6, 6.07) is 5.79. The third-order valence-electron chi connectivity index (χ3n) is 3.32. The van der Waals surface area contributed by atoms with Crippen LogP contribution in [0.2, 0.25) is 0 Å². The summed E-state index contributed by atoms with van der Waals surface area (Å²) >= 11 is 0. The summed E-state index contributed by atoms with van der Waals surface area (Å²) in [5.74, 6) is 1.39. The number of hydrogen-bond donors (Lipinski definition) is 1. The fraction of sp³-hybridized carbons (Fsp3) is 0.467. The van der Waals surface area contributed by atoms with Crippen LogP contribution in [0.25, 0.3) is 0 Å². The fourth-order valence-electron chi connectivity index (χ4n) is 2.26. The number of aliphatic hydroxyl groups excluding tert-OH is 1. The summed E-state index contributed by atoms with van der Waals surface area (Å²) < 4.78 is 12.4. The van der Waals surface area contributed by atoms with Crippen LogP contribution in [0.4, 0.5) is 0 Å². The molecule has 0 fully saturated rings. The maximum absolute atomic E-state index is 9.40. The average Bonchev–Trinajstić information content (AvgIpc) is 2.89. The van der Waals surface area contributed by atoms with E-state index in [0.29, 0.717) is 23.6 Å². The first kappa shape index (κ1) is 15.3. The summed E-state index contributed by atoms with van der Waals surface area (Å²) in [5.41, 5.74) is 2.62. The van der Waals surface area contributed by atoms with Gasteiger partial charge >= 0.3 is 0 Å². The lowest BCUT2D eigenvalue weighted by molar-refractivity contribution is 0.275. The molecule has 0 unspecified atom stereocenters. The van der Waals surface area contributed by atoms with Crippen LogP contribution in [0.1, 0.15) is 30.3 Å². The fourth-order valence-corrected chi connectivity index (χ4v) is 2.26. The second-order valence-corrected chi connectivity index (χ2v) is 4.73. The summed E-state index contributed by atoms with van der Waals surface area (Å²) in [7, 11) is 3.23. The Labute approximate surface area is 124 Å². The smallest absolute Gasteiger partial charge is 0.160 e. The standard InChI is InChI=1S/C15H21N3O3/c1-4-7-18-13(12(10-19)16-17-18)8-11-5-6-14(20-2)15(9-11)21-3/h5-6,9,19H,4,7-8,10H2,1-3H3. The number of rotatable bonds is 7. The molecule has 0 spiro atoms. The normalized spacial score (nSPS) is 10.7. The Bertz CT molecular complexity index is 596. The van der Waals surface area contributed by atoms with E-state index in [0.717, 1.165) is 24.2 Å². The zero-order valence-electron chi connectivity index (χ0n) is 12.7. The third-order valence-corrected chi connectivity index (χ3v) is 3.32. The van der Waals surface area contributed by atoms with E-state index >= 15 is 0 Å². The van der Waals surface area contributed by atoms with Gasteiger partial charge in [-0.05, 0) is 24.1 Å². The number of aryl methyl sites for hydroxylation is 1. The molecule has 1 N–H and O–H groups in total. The van der Waals surface area contributed by atoms with Crippen molar-refractivity contribution < 1.29 is 14.6 Å². The van der Waals surface area contributed by atoms with Crippen molar-refractivity contribution in [2.75, 3.05) is 14.2 Å². The number of aliphatic hydroxyl groups is 1. The summed E-state index contributed by atoms with van der Waals surface area (Å²) in [4.78, 5) is 0. The van der Waals surface area contributed by atoms with Gasteiger partial charge in [-0.1, -0.05) is 18.2 Å². The molecule has 0 bridgehead atoms. The summed E-state index contributed by atoms with van der Waals surface area (Å²) in [5, 5.41) is 17.5. The van der Waals surface area contributed by atoms with Crippen molar-refractivity contribution in [2.45, 2.75) is 32.9 Å². The molecule has 0 amide bonds. The first-order chi connectivity index (χ1) is 10.2. The number of methoxy groups -OCH3 is 2. The zero-order chi connectivity index (χ0) is 15.2. The van der Waals surface area contributed by atoms with E-state index < -0.39 is 0 Å². The van der Waals surface area contributed by atoms with Gasteiger partial charge in [-0.25, -0.2) is 4.68 Å². The monoisotopic (exact) mass is 291 g/mol. The van der Waals surface area contributed by atoms with Gasteiger partial charge in [-0.3, -0.25) is 0 Å². The maximum Gasteiger partial charge on any atom is 0.160 e. The Morgan fingerprint density at radius 3 is 2.57 bits per heavy atom. The lowest BCUT2D eigenvalue weighted by atomic mass is 10.1. The molecule has 0 atom stereocenters. The van der Waals surface area contributed by atoms with Crippen molar-refractivity contribution >= 4 is 0 Å². The minimum atomic E-state index is -0.105. The van der Waals surface area contributed by atoms with E-state index in [9.17, 15) is 5.11 Å². The quantitative estimate of drug-likeness (QED) is 0.842. The molecule has 2 rings (SSSR count). The van der Waals surface area contributed by atoms with Gasteiger partial charge in [0.2, 0.25) is 0 Å². The van der Waals surface area contributed by atoms with Crippen LogP contribution in [-0.4, -0.2) is 34.3 Å². The Morgan fingerprint density at radius 1 is 1.19 bits per heavy atom. The molecule has 0 saturated heterocycles. The van der Waals surface area contributed by atoms with Crippen molar-refractivity contribution in [3.63, 3.8) is 0 Å². The average molecular weight is 291 g/mol. The van der Waals surface area contributed by atoms with Crippen molar-refractivity contribution in [3.8, 4) is 11.5 Å². The Kier molecular flexibility index (Phi) is 5.16. The first-order valence-corrected chi connectivity index (χ1v) is 6.96. The van der Waals surface area contributed by atoms with E-state index in [1.807, 2.05) is 22.9 Å². The van der Waals surface area contributed by atoms with Crippen LogP contribution < -0.4 is 9.47 Å². The number of nitrogens with zero attached hydrogens (tertiary/aromatic N) is 3. The molecule has 1 heterocycles. The minimum absolute atomic E-state index is 0.105. The molecule has 1 aromatic carbocycles. The van der Waals surface area contributed by atoms with Crippen molar-refractivity contribution in [1.29, 1.82) is 0 Å². The van der Waals surface area contributed by atoms with Gasteiger partial charge in [0.05, 0.1) is 26.5 Å². The van der Waals surface area contributed by atoms with Crippen molar-refractivity contribution in [2.24, 2.45) is 0 Å². The lowest BCUT2D eigenvalue weighted by Crippen LogP contribution is -2.07. The molecular formula is C15H21N3O3. The molecule has 6 heteroatoms. The third kappa shape index (κ3) is 3.33. The molecular weight excluding hydrogens is 270 g/mol. The number of ether oxygens (including phenoxy) is 2. The lowest BCUT2D eigenvalue weighted by Gasteiger charge is -2.11. The van der Waals surface area contributed by atoms with Gasteiger partial charge in [0.15, 0.2) is 11.5 Å². The van der Waals surface area contributed by atoms with E-state index in [1.165, 1.54) is 0 Å². The van der Waals surface area contributed by atoms with E-state index in [1.54, 1.807) is 14.2 Å². The van der Waals surface area contributed by atoms with E-state index in [4.69, 9.17) is 9.47 Å². The summed E-state index contributed by atoms with van der Waals surface area (Å²) in [6.07, 6.45) is 1.61. The van der Waals surface area contributed by atoms with Crippen LogP contribution in [0.15, 0.2) is 18.2 Å². The first-order valence-electron chi connectivity index (χ1n) is 6.96.